The van der Waals surface area contributed by atoms with E-state index < -0.39 is 0 Å². The van der Waals surface area contributed by atoms with Gasteiger partial charge >= 0.3 is 0 Å². The second kappa shape index (κ2) is 10.0. The lowest BCUT2D eigenvalue weighted by Crippen LogP contribution is -2.46. The normalized spacial score (nSPS) is 14.6. The van der Waals surface area contributed by atoms with E-state index in [-0.39, 0.29) is 11.8 Å². The van der Waals surface area contributed by atoms with Crippen molar-refractivity contribution in [1.82, 2.24) is 10.2 Å². The molecule has 1 aliphatic carbocycles. The van der Waals surface area contributed by atoms with E-state index in [0.29, 0.717) is 24.6 Å². The molecule has 24 heavy (non-hydrogen) atoms. The summed E-state index contributed by atoms with van der Waals surface area (Å²) < 4.78 is 0. The Bertz CT molecular complexity index is 576. The fourth-order valence-corrected chi connectivity index (χ4v) is 3.34. The van der Waals surface area contributed by atoms with Gasteiger partial charge in [0.2, 0.25) is 5.91 Å². The monoisotopic (exact) mass is 343 g/mol. The molecule has 1 fully saturated rings. The van der Waals surface area contributed by atoms with E-state index in [9.17, 15) is 4.79 Å². The minimum Gasteiger partial charge on any atom is -0.348 e. The first-order valence-corrected chi connectivity index (χ1v) is 9.12. The van der Waals surface area contributed by atoms with Crippen molar-refractivity contribution in [3.05, 3.63) is 35.9 Å². The molecule has 2 rings (SSSR count). The number of nitriles is 1. The third kappa shape index (κ3) is 5.93. The lowest BCUT2D eigenvalue weighted by molar-refractivity contribution is -0.124. The molecular weight excluding hydrogens is 318 g/mol. The van der Waals surface area contributed by atoms with Crippen molar-refractivity contribution in [2.45, 2.75) is 44.9 Å². The topological polar surface area (TPSA) is 56.1 Å². The molecule has 1 aromatic carbocycles. The third-order valence-corrected chi connectivity index (χ3v) is 4.86. The average Bonchev–Trinajstić information content (AvgIpc) is 2.63. The quantitative estimate of drug-likeness (QED) is 0.804. The molecule has 128 valence electrons. The summed E-state index contributed by atoms with van der Waals surface area (Å²) in [6.07, 6.45) is 6.61. The Labute approximate surface area is 149 Å². The Morgan fingerprint density at radius 2 is 1.92 bits per heavy atom. The van der Waals surface area contributed by atoms with E-state index in [4.69, 9.17) is 17.5 Å². The van der Waals surface area contributed by atoms with Crippen molar-refractivity contribution >= 4 is 23.2 Å². The average molecular weight is 343 g/mol. The molecule has 0 bridgehead atoms. The van der Waals surface area contributed by atoms with Gasteiger partial charge in [-0.05, 0) is 37.0 Å². The largest absolute Gasteiger partial charge is 0.348 e. The fourth-order valence-electron chi connectivity index (χ4n) is 3.06. The van der Waals surface area contributed by atoms with Gasteiger partial charge in [0, 0.05) is 19.0 Å². The molecule has 0 heterocycles. The smallest absolute Gasteiger partial charge is 0.229 e. The Balaban J connectivity index is 1.89. The van der Waals surface area contributed by atoms with Gasteiger partial charge in [-0.3, -0.25) is 4.79 Å². The molecule has 1 saturated carbocycles. The highest BCUT2D eigenvalue weighted by Crippen LogP contribution is 2.23. The van der Waals surface area contributed by atoms with Crippen LogP contribution in [0.1, 0.15) is 44.1 Å². The molecule has 1 amide bonds. The highest BCUT2D eigenvalue weighted by atomic mass is 32.1. The highest BCUT2D eigenvalue weighted by Gasteiger charge is 2.23. The molecule has 0 saturated heterocycles. The summed E-state index contributed by atoms with van der Waals surface area (Å²) in [5, 5.41) is 12.2. The summed E-state index contributed by atoms with van der Waals surface area (Å²) >= 11 is 5.43. The minimum atomic E-state index is 0.0429. The van der Waals surface area contributed by atoms with Crippen LogP contribution in [0.15, 0.2) is 30.3 Å². The van der Waals surface area contributed by atoms with Crippen LogP contribution in [0.4, 0.5) is 0 Å². The predicted molar refractivity (Wildman–Crippen MR) is 99.3 cm³/mol. The summed E-state index contributed by atoms with van der Waals surface area (Å²) in [5.74, 6) is 0.130. The van der Waals surface area contributed by atoms with E-state index in [1.165, 1.54) is 12.0 Å². The van der Waals surface area contributed by atoms with E-state index in [0.717, 1.165) is 32.1 Å². The molecule has 0 aliphatic heterocycles. The number of thiocarbonyl (C=S) groups is 1. The molecule has 0 radical (unpaired) electrons. The lowest BCUT2D eigenvalue weighted by atomic mass is 9.89. The maximum absolute atomic E-state index is 12.4. The summed E-state index contributed by atoms with van der Waals surface area (Å²) in [6.45, 7) is 1.25. The SMILES string of the molecule is N#CCCN(CCc1ccccc1)C(=S)NC(=O)C1CCCCC1. The molecule has 0 spiro atoms. The third-order valence-electron chi connectivity index (χ3n) is 4.50. The van der Waals surface area contributed by atoms with E-state index in [1.54, 1.807) is 0 Å². The molecule has 1 N–H and O–H groups in total. The fraction of sp³-hybridized carbons (Fsp3) is 0.526. The number of carbonyl (C=O) groups is 1. The van der Waals surface area contributed by atoms with Gasteiger partial charge in [0.15, 0.2) is 5.11 Å². The number of rotatable bonds is 6. The Morgan fingerprint density at radius 1 is 1.21 bits per heavy atom. The summed E-state index contributed by atoms with van der Waals surface area (Å²) in [6, 6.07) is 12.3. The second-order valence-electron chi connectivity index (χ2n) is 6.26. The van der Waals surface area contributed by atoms with Crippen molar-refractivity contribution in [1.29, 1.82) is 5.26 Å². The van der Waals surface area contributed by atoms with Gasteiger partial charge in [-0.15, -0.1) is 0 Å². The van der Waals surface area contributed by atoms with Crippen LogP contribution in [0.25, 0.3) is 0 Å². The van der Waals surface area contributed by atoms with Gasteiger partial charge in [0.25, 0.3) is 0 Å². The Morgan fingerprint density at radius 3 is 2.58 bits per heavy atom. The highest BCUT2D eigenvalue weighted by molar-refractivity contribution is 7.80. The summed E-state index contributed by atoms with van der Waals surface area (Å²) in [7, 11) is 0. The molecule has 5 heteroatoms. The van der Waals surface area contributed by atoms with Crippen LogP contribution < -0.4 is 5.32 Å². The minimum absolute atomic E-state index is 0.0429. The van der Waals surface area contributed by atoms with Gasteiger partial charge in [0.1, 0.15) is 0 Å². The van der Waals surface area contributed by atoms with Crippen molar-refractivity contribution < 1.29 is 4.79 Å². The van der Waals surface area contributed by atoms with Crippen LogP contribution >= 0.6 is 12.2 Å². The predicted octanol–water partition coefficient (Wildman–Crippen LogP) is 3.43. The number of benzene rings is 1. The van der Waals surface area contributed by atoms with Crippen molar-refractivity contribution in [3.8, 4) is 6.07 Å². The molecule has 4 nitrogen and oxygen atoms in total. The van der Waals surface area contributed by atoms with E-state index in [2.05, 4.69) is 23.5 Å². The molecule has 1 aromatic rings. The molecule has 0 unspecified atom stereocenters. The van der Waals surface area contributed by atoms with Crippen LogP contribution in [-0.2, 0) is 11.2 Å². The summed E-state index contributed by atoms with van der Waals surface area (Å²) in [4.78, 5) is 14.3. The van der Waals surface area contributed by atoms with Crippen molar-refractivity contribution in [2.75, 3.05) is 13.1 Å². The van der Waals surface area contributed by atoms with Crippen LogP contribution in [0.5, 0.6) is 0 Å². The first-order chi connectivity index (χ1) is 11.7. The maximum Gasteiger partial charge on any atom is 0.229 e. The number of nitrogens with one attached hydrogen (secondary N) is 1. The lowest BCUT2D eigenvalue weighted by Gasteiger charge is -2.27. The number of hydrogen-bond donors (Lipinski definition) is 1. The van der Waals surface area contributed by atoms with Gasteiger partial charge in [-0.1, -0.05) is 49.6 Å². The van der Waals surface area contributed by atoms with Crippen LogP contribution in [0, 0.1) is 17.2 Å². The molecule has 0 atom stereocenters. The first-order valence-electron chi connectivity index (χ1n) is 8.71. The van der Waals surface area contributed by atoms with Crippen LogP contribution in [0.2, 0.25) is 0 Å². The standard InChI is InChI=1S/C19H25N3OS/c20-13-7-14-22(15-12-16-8-3-1-4-9-16)19(24)21-18(23)17-10-5-2-6-11-17/h1,3-4,8-9,17H,2,5-7,10-12,14-15H2,(H,21,23,24). The van der Waals surface area contributed by atoms with Crippen molar-refractivity contribution in [2.24, 2.45) is 5.92 Å². The molecule has 1 aliphatic rings. The first kappa shape index (κ1) is 18.4. The van der Waals surface area contributed by atoms with Gasteiger partial charge in [-0.25, -0.2) is 0 Å². The van der Waals surface area contributed by atoms with E-state index in [1.807, 2.05) is 23.1 Å². The van der Waals surface area contributed by atoms with Crippen LogP contribution in [0.3, 0.4) is 0 Å². The zero-order valence-electron chi connectivity index (χ0n) is 14.0. The van der Waals surface area contributed by atoms with E-state index >= 15 is 0 Å². The second-order valence-corrected chi connectivity index (χ2v) is 6.65. The summed E-state index contributed by atoms with van der Waals surface area (Å²) in [5.41, 5.74) is 1.22. The Kier molecular flexibility index (Phi) is 7.70. The van der Waals surface area contributed by atoms with Gasteiger partial charge in [0.05, 0.1) is 12.5 Å². The number of amides is 1. The Hall–Kier alpha value is -1.93. The zero-order valence-corrected chi connectivity index (χ0v) is 14.9. The van der Waals surface area contributed by atoms with Crippen molar-refractivity contribution in [3.63, 3.8) is 0 Å². The van der Waals surface area contributed by atoms with Gasteiger partial charge < -0.3 is 10.2 Å². The molecule has 0 aromatic heterocycles. The number of carbonyl (C=O) groups excluding carboxylic acids is 1. The number of nitrogens with zero attached hydrogens (tertiary/aromatic N) is 2. The maximum atomic E-state index is 12.4. The van der Waals surface area contributed by atoms with Gasteiger partial charge in [-0.2, -0.15) is 5.26 Å². The molecular formula is C19H25N3OS. The zero-order chi connectivity index (χ0) is 17.2. The van der Waals surface area contributed by atoms with Crippen LogP contribution in [-0.4, -0.2) is 29.0 Å². The number of hydrogen-bond acceptors (Lipinski definition) is 3.